The summed E-state index contributed by atoms with van der Waals surface area (Å²) in [4.78, 5) is 0. The van der Waals surface area contributed by atoms with Crippen molar-refractivity contribution in [1.82, 2.24) is 15.4 Å². The van der Waals surface area contributed by atoms with Crippen molar-refractivity contribution in [3.05, 3.63) is 11.4 Å². The van der Waals surface area contributed by atoms with Crippen molar-refractivity contribution in [3.8, 4) is 0 Å². The second-order valence-corrected chi connectivity index (χ2v) is 7.56. The fourth-order valence-electron chi connectivity index (χ4n) is 3.83. The van der Waals surface area contributed by atoms with Crippen LogP contribution in [0.25, 0.3) is 0 Å². The average Bonchev–Trinajstić information content (AvgIpc) is 2.85. The second-order valence-electron chi connectivity index (χ2n) is 7.56. The monoisotopic (exact) mass is 285 g/mol. The molecule has 1 aromatic heterocycles. The van der Waals surface area contributed by atoms with Gasteiger partial charge in [0.1, 0.15) is 14.6 Å². The Hall–Kier alpha value is -0.730. The minimum Gasteiger partial charge on any atom is -0.197 e. The summed E-state index contributed by atoms with van der Waals surface area (Å²) in [6.45, 7) is 11.5. The molecule has 5 heteroatoms. The summed E-state index contributed by atoms with van der Waals surface area (Å²) in [6.07, 6.45) is 7.31. The average molecular weight is 285 g/mol. The molecule has 0 spiro atoms. The largest absolute Gasteiger partial charge is 0.197 e. The van der Waals surface area contributed by atoms with Crippen LogP contribution in [0.1, 0.15) is 70.2 Å². The summed E-state index contributed by atoms with van der Waals surface area (Å²) in [7, 11) is 4.74. The highest BCUT2D eigenvalue weighted by atomic mass is 15.3. The van der Waals surface area contributed by atoms with Crippen molar-refractivity contribution in [2.75, 3.05) is 0 Å². The van der Waals surface area contributed by atoms with Crippen LogP contribution in [-0.4, -0.2) is 30.0 Å². The van der Waals surface area contributed by atoms with E-state index in [0.717, 1.165) is 12.8 Å². The van der Waals surface area contributed by atoms with E-state index in [1.165, 1.54) is 37.1 Å². The molecule has 0 bridgehead atoms. The molecule has 0 aliphatic heterocycles. The number of nitrogens with one attached hydrogen (secondary N) is 1. The zero-order valence-corrected chi connectivity index (χ0v) is 14.4. The van der Waals surface area contributed by atoms with Crippen LogP contribution in [0.2, 0.25) is 24.3 Å². The van der Waals surface area contributed by atoms with E-state index in [2.05, 4.69) is 64.4 Å². The van der Waals surface area contributed by atoms with Crippen LogP contribution < -0.4 is 0 Å². The molecule has 0 fully saturated rings. The molecule has 0 aromatic carbocycles. The summed E-state index contributed by atoms with van der Waals surface area (Å²) >= 11 is 0. The summed E-state index contributed by atoms with van der Waals surface area (Å²) < 4.78 is 0. The summed E-state index contributed by atoms with van der Waals surface area (Å²) in [6, 6.07) is 0. The van der Waals surface area contributed by atoms with Gasteiger partial charge in [0.15, 0.2) is 0 Å². The molecular formula is C16H29B2N3. The molecular weight excluding hydrogens is 256 g/mol. The lowest BCUT2D eigenvalue weighted by atomic mass is 9.40. The first kappa shape index (κ1) is 16.6. The first-order valence-corrected chi connectivity index (χ1v) is 8.42. The number of aromatic nitrogens is 3. The molecule has 0 saturated carbocycles. The number of aryl methyl sites for hydroxylation is 1. The van der Waals surface area contributed by atoms with Crippen LogP contribution in [-0.2, 0) is 6.42 Å². The lowest BCUT2D eigenvalue weighted by Crippen LogP contribution is -2.30. The van der Waals surface area contributed by atoms with Crippen LogP contribution in [0.4, 0.5) is 0 Å². The Kier molecular flexibility index (Phi) is 5.21. The van der Waals surface area contributed by atoms with Crippen molar-refractivity contribution < 1.29 is 0 Å². The molecule has 1 unspecified atom stereocenters. The first-order chi connectivity index (χ1) is 9.92. The standard InChI is InChI=1S/C16H29B2N3/c1-15(2,17-4)11-16(3,18-5)12-9-7-6-8-10-13-14(12)20-21-19-13/h12H,6-11H2,1-5H3,(H,19,20,21)/t12?,16-/m1/s1. The number of nitrogens with zero attached hydrogens (tertiary/aromatic N) is 2. The van der Waals surface area contributed by atoms with E-state index in [-0.39, 0.29) is 10.6 Å². The third-order valence-corrected chi connectivity index (χ3v) is 5.46. The third-order valence-electron chi connectivity index (χ3n) is 5.46. The number of H-pyrrole nitrogens is 1. The Morgan fingerprint density at radius 1 is 1.10 bits per heavy atom. The van der Waals surface area contributed by atoms with Gasteiger partial charge < -0.3 is 0 Å². The molecule has 2 rings (SSSR count). The lowest BCUT2D eigenvalue weighted by molar-refractivity contribution is 0.360. The smallest absolute Gasteiger partial charge is 0.114 e. The van der Waals surface area contributed by atoms with Gasteiger partial charge in [0, 0.05) is 5.92 Å². The first-order valence-electron chi connectivity index (χ1n) is 8.42. The number of fused-ring (bicyclic) bond motifs is 1. The van der Waals surface area contributed by atoms with Crippen molar-refractivity contribution in [1.29, 1.82) is 0 Å². The zero-order chi connectivity index (χ0) is 15.5. The molecule has 0 amide bonds. The van der Waals surface area contributed by atoms with Gasteiger partial charge in [-0.1, -0.05) is 64.3 Å². The van der Waals surface area contributed by atoms with E-state index >= 15 is 0 Å². The van der Waals surface area contributed by atoms with Gasteiger partial charge in [-0.3, -0.25) is 0 Å². The van der Waals surface area contributed by atoms with E-state index in [1.54, 1.807) is 0 Å². The number of aromatic amines is 1. The fourth-order valence-corrected chi connectivity index (χ4v) is 3.83. The minimum absolute atomic E-state index is 0.166. The predicted molar refractivity (Wildman–Crippen MR) is 91.6 cm³/mol. The van der Waals surface area contributed by atoms with Gasteiger partial charge >= 0.3 is 0 Å². The summed E-state index contributed by atoms with van der Waals surface area (Å²) in [5.41, 5.74) is 2.42. The van der Waals surface area contributed by atoms with Gasteiger partial charge in [-0.05, 0) is 19.3 Å². The van der Waals surface area contributed by atoms with Crippen LogP contribution in [0, 0.1) is 0 Å². The van der Waals surface area contributed by atoms with Crippen molar-refractivity contribution in [2.45, 2.75) is 89.5 Å². The SMILES string of the molecule is C[B]C(C)(C)C[C@@](C)([B]C)C1CCCCCc2n[nH]nc21. The maximum atomic E-state index is 4.54. The van der Waals surface area contributed by atoms with E-state index < -0.39 is 0 Å². The lowest BCUT2D eigenvalue weighted by Gasteiger charge is -2.42. The summed E-state index contributed by atoms with van der Waals surface area (Å²) in [5.74, 6) is 0.482. The van der Waals surface area contributed by atoms with Gasteiger partial charge in [0.05, 0.1) is 11.4 Å². The van der Waals surface area contributed by atoms with E-state index in [1.807, 2.05) is 0 Å². The van der Waals surface area contributed by atoms with Crippen molar-refractivity contribution >= 4 is 14.6 Å². The summed E-state index contributed by atoms with van der Waals surface area (Å²) in [5, 5.41) is 12.2. The van der Waals surface area contributed by atoms with Gasteiger partial charge in [-0.15, -0.1) is 0 Å². The molecule has 0 saturated heterocycles. The van der Waals surface area contributed by atoms with E-state index in [4.69, 9.17) is 0 Å². The minimum atomic E-state index is 0.166. The van der Waals surface area contributed by atoms with Crippen molar-refractivity contribution in [3.63, 3.8) is 0 Å². The quantitative estimate of drug-likeness (QED) is 0.820. The van der Waals surface area contributed by atoms with Gasteiger partial charge in [-0.2, -0.15) is 15.4 Å². The molecule has 1 N–H and O–H groups in total. The zero-order valence-electron chi connectivity index (χ0n) is 14.4. The Balaban J connectivity index is 2.33. The molecule has 114 valence electrons. The predicted octanol–water partition coefficient (Wildman–Crippen LogP) is 4.28. The Labute approximate surface area is 131 Å². The van der Waals surface area contributed by atoms with Gasteiger partial charge in [-0.25, -0.2) is 0 Å². The van der Waals surface area contributed by atoms with Crippen molar-refractivity contribution in [2.24, 2.45) is 0 Å². The maximum Gasteiger partial charge on any atom is 0.114 e. The Bertz CT molecular complexity index is 458. The topological polar surface area (TPSA) is 41.6 Å². The molecule has 1 aliphatic rings. The molecule has 21 heavy (non-hydrogen) atoms. The highest BCUT2D eigenvalue weighted by Crippen LogP contribution is 2.54. The normalized spacial score (nSPS) is 22.6. The highest BCUT2D eigenvalue weighted by molar-refractivity contribution is 6.41. The Morgan fingerprint density at radius 2 is 1.86 bits per heavy atom. The number of hydrogen-bond donors (Lipinski definition) is 1. The molecule has 2 atom stereocenters. The number of rotatable bonds is 5. The maximum absolute atomic E-state index is 4.54. The molecule has 3 nitrogen and oxygen atoms in total. The molecule has 1 aliphatic carbocycles. The van der Waals surface area contributed by atoms with E-state index in [9.17, 15) is 0 Å². The highest BCUT2D eigenvalue weighted by Gasteiger charge is 2.40. The number of hydrogen-bond acceptors (Lipinski definition) is 2. The molecule has 1 aromatic rings. The van der Waals surface area contributed by atoms with Crippen LogP contribution in [0.3, 0.4) is 0 Å². The molecule has 1 heterocycles. The molecule has 2 radical (unpaired) electrons. The van der Waals surface area contributed by atoms with E-state index in [0.29, 0.717) is 5.92 Å². The van der Waals surface area contributed by atoms with Crippen LogP contribution in [0.15, 0.2) is 0 Å². The van der Waals surface area contributed by atoms with Gasteiger partial charge in [0.2, 0.25) is 0 Å². The van der Waals surface area contributed by atoms with Gasteiger partial charge in [0.25, 0.3) is 0 Å². The Morgan fingerprint density at radius 3 is 2.52 bits per heavy atom. The fraction of sp³-hybridized carbons (Fsp3) is 0.875. The van der Waals surface area contributed by atoms with Crippen LogP contribution >= 0.6 is 0 Å². The van der Waals surface area contributed by atoms with Crippen LogP contribution in [0.5, 0.6) is 0 Å². The second kappa shape index (κ2) is 6.58. The third kappa shape index (κ3) is 3.73.